The highest BCUT2D eigenvalue weighted by Crippen LogP contribution is 2.23. The third kappa shape index (κ3) is 4.97. The van der Waals surface area contributed by atoms with Crippen LogP contribution in [0, 0.1) is 0 Å². The van der Waals surface area contributed by atoms with Crippen molar-refractivity contribution < 1.29 is 19.8 Å². The molecule has 0 aliphatic rings. The molecule has 3 N–H and O–H groups in total. The van der Waals surface area contributed by atoms with Crippen LogP contribution in [0.4, 0.5) is 0 Å². The van der Waals surface area contributed by atoms with E-state index in [9.17, 15) is 19.5 Å². The van der Waals surface area contributed by atoms with Gasteiger partial charge < -0.3 is 15.5 Å². The number of hydrogen-bond acceptors (Lipinski definition) is 7. The van der Waals surface area contributed by atoms with Crippen LogP contribution in [0.15, 0.2) is 47.5 Å². The highest BCUT2D eigenvalue weighted by atomic mass is 16.4. The molecule has 1 amide bonds. The molecule has 0 saturated heterocycles. The summed E-state index contributed by atoms with van der Waals surface area (Å²) in [6.45, 7) is 5.58. The van der Waals surface area contributed by atoms with Crippen LogP contribution in [0.25, 0.3) is 11.6 Å². The van der Waals surface area contributed by atoms with Crippen LogP contribution in [-0.2, 0) is 16.8 Å². The average Bonchev–Trinajstić information content (AvgIpc) is 2.74. The Hall–Kier alpha value is -4.08. The van der Waals surface area contributed by atoms with Gasteiger partial charge >= 0.3 is 5.97 Å². The monoisotopic (exact) mass is 437 g/mol. The number of rotatable bonds is 6. The van der Waals surface area contributed by atoms with E-state index in [1.807, 2.05) is 24.3 Å². The van der Waals surface area contributed by atoms with Crippen molar-refractivity contribution in [2.24, 2.45) is 0 Å². The highest BCUT2D eigenvalue weighted by molar-refractivity contribution is 5.97. The molecule has 10 nitrogen and oxygen atoms in total. The number of carbonyl (C=O) groups excluding carboxylic acids is 1. The Bertz CT molecular complexity index is 1200. The predicted molar refractivity (Wildman–Crippen MR) is 115 cm³/mol. The molecule has 1 aromatic carbocycles. The smallest absolute Gasteiger partial charge is 0.322 e. The van der Waals surface area contributed by atoms with Crippen molar-refractivity contribution in [1.82, 2.24) is 24.8 Å². The van der Waals surface area contributed by atoms with E-state index in [-0.39, 0.29) is 23.6 Å². The van der Waals surface area contributed by atoms with E-state index in [4.69, 9.17) is 5.11 Å². The molecule has 166 valence electrons. The van der Waals surface area contributed by atoms with Gasteiger partial charge in [-0.3, -0.25) is 19.0 Å². The number of benzene rings is 1. The minimum Gasteiger partial charge on any atom is -0.493 e. The van der Waals surface area contributed by atoms with Gasteiger partial charge in [-0.1, -0.05) is 45.0 Å². The lowest BCUT2D eigenvalue weighted by Gasteiger charge is -2.19. The first kappa shape index (κ1) is 22.6. The Kier molecular flexibility index (Phi) is 6.33. The summed E-state index contributed by atoms with van der Waals surface area (Å²) in [4.78, 5) is 48.5. The van der Waals surface area contributed by atoms with E-state index in [1.54, 1.807) is 6.07 Å². The van der Waals surface area contributed by atoms with Gasteiger partial charge in [0.1, 0.15) is 6.54 Å². The molecule has 32 heavy (non-hydrogen) atoms. The Morgan fingerprint density at radius 3 is 2.28 bits per heavy atom. The van der Waals surface area contributed by atoms with E-state index in [2.05, 4.69) is 41.0 Å². The molecule has 0 atom stereocenters. The van der Waals surface area contributed by atoms with Crippen molar-refractivity contribution in [3.63, 3.8) is 0 Å². The van der Waals surface area contributed by atoms with Gasteiger partial charge in [0, 0.05) is 12.4 Å². The third-order valence-corrected chi connectivity index (χ3v) is 4.70. The molecule has 2 aromatic heterocycles. The summed E-state index contributed by atoms with van der Waals surface area (Å²) in [6.07, 6.45) is 2.92. The van der Waals surface area contributed by atoms with Gasteiger partial charge in [0.05, 0.1) is 6.54 Å². The third-order valence-electron chi connectivity index (χ3n) is 4.70. The highest BCUT2D eigenvalue weighted by Gasteiger charge is 2.24. The van der Waals surface area contributed by atoms with Crippen molar-refractivity contribution in [1.29, 1.82) is 0 Å². The van der Waals surface area contributed by atoms with E-state index < -0.39 is 35.4 Å². The second-order valence-electron chi connectivity index (χ2n) is 8.12. The Balaban J connectivity index is 2.11. The van der Waals surface area contributed by atoms with Crippen LogP contribution in [-0.4, -0.2) is 48.2 Å². The first-order valence-corrected chi connectivity index (χ1v) is 9.78. The maximum atomic E-state index is 13.2. The van der Waals surface area contributed by atoms with Crippen LogP contribution in [0.5, 0.6) is 5.88 Å². The lowest BCUT2D eigenvalue weighted by molar-refractivity contribution is -0.135. The largest absolute Gasteiger partial charge is 0.493 e. The molecule has 10 heteroatoms. The second kappa shape index (κ2) is 8.96. The lowest BCUT2D eigenvalue weighted by Crippen LogP contribution is -2.37. The number of aliphatic carboxylic acids is 1. The quantitative estimate of drug-likeness (QED) is 0.526. The summed E-state index contributed by atoms with van der Waals surface area (Å²) in [5.41, 5.74) is 0.313. The first-order chi connectivity index (χ1) is 15.1. The number of carbonyl (C=O) groups is 2. The van der Waals surface area contributed by atoms with Crippen LogP contribution in [0.1, 0.15) is 42.3 Å². The summed E-state index contributed by atoms with van der Waals surface area (Å²) < 4.78 is 1.18. The molecule has 3 rings (SSSR count). The maximum absolute atomic E-state index is 13.2. The number of carboxylic acids is 1. The SMILES string of the molecule is CC(C)(C)c1ccc(Cn2c(-c3ncccn3)nc(O)c(C(=O)NCC(=O)O)c2=O)cc1. The fourth-order valence-electron chi connectivity index (χ4n) is 3.01. The zero-order valence-corrected chi connectivity index (χ0v) is 17.9. The fourth-order valence-corrected chi connectivity index (χ4v) is 3.01. The Labute approximate surface area is 183 Å². The molecule has 2 heterocycles. The van der Waals surface area contributed by atoms with Crippen molar-refractivity contribution >= 4 is 11.9 Å². The summed E-state index contributed by atoms with van der Waals surface area (Å²) in [5.74, 6) is -3.11. The molecule has 0 radical (unpaired) electrons. The van der Waals surface area contributed by atoms with Crippen molar-refractivity contribution in [2.75, 3.05) is 6.54 Å². The van der Waals surface area contributed by atoms with Gasteiger partial charge in [0.2, 0.25) is 5.88 Å². The number of hydrogen-bond donors (Lipinski definition) is 3. The number of amides is 1. The van der Waals surface area contributed by atoms with E-state index in [0.29, 0.717) is 0 Å². The number of nitrogens with zero attached hydrogens (tertiary/aromatic N) is 4. The minimum atomic E-state index is -1.29. The van der Waals surface area contributed by atoms with Crippen molar-refractivity contribution in [2.45, 2.75) is 32.7 Å². The van der Waals surface area contributed by atoms with Crippen molar-refractivity contribution in [3.8, 4) is 17.5 Å². The molecular weight excluding hydrogens is 414 g/mol. The number of nitrogens with one attached hydrogen (secondary N) is 1. The van der Waals surface area contributed by atoms with E-state index >= 15 is 0 Å². The zero-order valence-electron chi connectivity index (χ0n) is 17.9. The molecule has 0 saturated carbocycles. The molecule has 3 aromatic rings. The van der Waals surface area contributed by atoms with Gasteiger partial charge in [-0.25, -0.2) is 9.97 Å². The summed E-state index contributed by atoms with van der Waals surface area (Å²) in [7, 11) is 0. The summed E-state index contributed by atoms with van der Waals surface area (Å²) in [5, 5.41) is 21.1. The standard InChI is InChI=1S/C22H23N5O5/c1-22(2,3)14-7-5-13(6-8-14)12-27-18(17-23-9-4-10-24-17)26-20(31)16(21(27)32)19(30)25-11-15(28)29/h4-10,31H,11-12H2,1-3H3,(H,25,30)(H,28,29). The summed E-state index contributed by atoms with van der Waals surface area (Å²) >= 11 is 0. The van der Waals surface area contributed by atoms with Crippen LogP contribution < -0.4 is 10.9 Å². The molecule has 0 bridgehead atoms. The molecule has 0 fully saturated rings. The Morgan fingerprint density at radius 1 is 1.09 bits per heavy atom. The molecule has 0 aliphatic heterocycles. The van der Waals surface area contributed by atoms with Gasteiger partial charge in [-0.15, -0.1) is 0 Å². The molecular formula is C22H23N5O5. The van der Waals surface area contributed by atoms with Gasteiger partial charge in [0.25, 0.3) is 11.5 Å². The van der Waals surface area contributed by atoms with Gasteiger partial charge in [-0.2, -0.15) is 4.98 Å². The number of carboxylic acid groups (broad SMARTS) is 1. The lowest BCUT2D eigenvalue weighted by atomic mass is 9.87. The number of aromatic hydroxyl groups is 1. The molecule has 0 unspecified atom stereocenters. The molecule has 0 spiro atoms. The van der Waals surface area contributed by atoms with Crippen LogP contribution >= 0.6 is 0 Å². The Morgan fingerprint density at radius 2 is 1.72 bits per heavy atom. The van der Waals surface area contributed by atoms with E-state index in [0.717, 1.165) is 11.1 Å². The maximum Gasteiger partial charge on any atom is 0.322 e. The minimum absolute atomic E-state index is 0.0252. The van der Waals surface area contributed by atoms with Gasteiger partial charge in [0.15, 0.2) is 17.2 Å². The average molecular weight is 437 g/mol. The number of aromatic nitrogens is 4. The van der Waals surface area contributed by atoms with Gasteiger partial charge in [-0.05, 0) is 22.6 Å². The topological polar surface area (TPSA) is 147 Å². The summed E-state index contributed by atoms with van der Waals surface area (Å²) in [6, 6.07) is 9.21. The fraction of sp³-hybridized carbons (Fsp3) is 0.273. The second-order valence-corrected chi connectivity index (χ2v) is 8.12. The van der Waals surface area contributed by atoms with Crippen molar-refractivity contribution in [3.05, 3.63) is 69.8 Å². The normalized spacial score (nSPS) is 11.2. The van der Waals surface area contributed by atoms with Crippen LogP contribution in [0.3, 0.4) is 0 Å². The first-order valence-electron chi connectivity index (χ1n) is 9.78. The van der Waals surface area contributed by atoms with Crippen LogP contribution in [0.2, 0.25) is 0 Å². The molecule has 0 aliphatic carbocycles. The zero-order chi connectivity index (χ0) is 23.5. The van der Waals surface area contributed by atoms with E-state index in [1.165, 1.54) is 17.0 Å². The predicted octanol–water partition coefficient (Wildman–Crippen LogP) is 1.57.